The van der Waals surface area contributed by atoms with E-state index in [4.69, 9.17) is 4.74 Å². The van der Waals surface area contributed by atoms with Crippen molar-refractivity contribution in [1.29, 1.82) is 0 Å². The summed E-state index contributed by atoms with van der Waals surface area (Å²) in [7, 11) is 0. The van der Waals surface area contributed by atoms with Gasteiger partial charge in [0.1, 0.15) is 5.75 Å². The Morgan fingerprint density at radius 3 is 2.42 bits per heavy atom. The molecule has 3 heteroatoms. The van der Waals surface area contributed by atoms with Crippen LogP contribution in [-0.2, 0) is 4.79 Å². The molecule has 0 spiro atoms. The summed E-state index contributed by atoms with van der Waals surface area (Å²) < 4.78 is 5.89. The molecule has 2 atom stereocenters. The van der Waals surface area contributed by atoms with E-state index in [9.17, 15) is 4.79 Å². The molecule has 0 saturated carbocycles. The van der Waals surface area contributed by atoms with Crippen LogP contribution < -0.4 is 10.1 Å². The molecule has 0 saturated heterocycles. The fourth-order valence-corrected chi connectivity index (χ4v) is 2.66. The van der Waals surface area contributed by atoms with Crippen LogP contribution in [0.25, 0.3) is 0 Å². The van der Waals surface area contributed by atoms with Crippen LogP contribution in [0.3, 0.4) is 0 Å². The molecular formula is C21H27NO2. The summed E-state index contributed by atoms with van der Waals surface area (Å²) in [6.45, 7) is 10.6. The lowest BCUT2D eigenvalue weighted by atomic mass is 10.0. The van der Waals surface area contributed by atoms with Crippen LogP contribution in [0, 0.1) is 20.8 Å². The van der Waals surface area contributed by atoms with Crippen LogP contribution in [0.1, 0.15) is 42.0 Å². The Hall–Kier alpha value is -2.29. The Kier molecular flexibility index (Phi) is 6.02. The molecule has 0 aliphatic heterocycles. The molecule has 0 heterocycles. The van der Waals surface area contributed by atoms with Gasteiger partial charge in [-0.05, 0) is 61.9 Å². The molecule has 128 valence electrons. The maximum Gasteiger partial charge on any atom is 0.260 e. The zero-order valence-electron chi connectivity index (χ0n) is 15.2. The summed E-state index contributed by atoms with van der Waals surface area (Å²) in [5.74, 6) is 0.966. The molecule has 3 nitrogen and oxygen atoms in total. The van der Waals surface area contributed by atoms with E-state index in [1.165, 1.54) is 11.1 Å². The summed E-state index contributed by atoms with van der Waals surface area (Å²) >= 11 is 0. The number of benzene rings is 2. The van der Waals surface area contributed by atoms with Crippen molar-refractivity contribution in [2.24, 2.45) is 0 Å². The average Bonchev–Trinajstić information content (AvgIpc) is 2.57. The topological polar surface area (TPSA) is 38.3 Å². The van der Waals surface area contributed by atoms with Crippen molar-refractivity contribution in [1.82, 2.24) is 5.32 Å². The molecule has 0 radical (unpaired) electrons. The SMILES string of the molecule is Cc1cc(C)c(C)c(O[C@H](C)C(=O)NC[C@H](C)c2ccccc2)c1. The average molecular weight is 325 g/mol. The number of ether oxygens (including phenoxy) is 1. The highest BCUT2D eigenvalue weighted by Crippen LogP contribution is 2.24. The number of rotatable bonds is 6. The van der Waals surface area contributed by atoms with E-state index in [-0.39, 0.29) is 11.8 Å². The minimum atomic E-state index is -0.520. The van der Waals surface area contributed by atoms with Crippen molar-refractivity contribution in [2.45, 2.75) is 46.6 Å². The third-order valence-electron chi connectivity index (χ3n) is 4.39. The molecule has 2 aromatic rings. The van der Waals surface area contributed by atoms with Crippen molar-refractivity contribution in [3.05, 3.63) is 64.7 Å². The molecule has 0 aromatic heterocycles. The van der Waals surface area contributed by atoms with E-state index in [0.717, 1.165) is 16.9 Å². The molecule has 2 rings (SSSR count). The Morgan fingerprint density at radius 2 is 1.75 bits per heavy atom. The monoisotopic (exact) mass is 325 g/mol. The number of hydrogen-bond acceptors (Lipinski definition) is 2. The summed E-state index contributed by atoms with van der Waals surface area (Å²) in [5, 5.41) is 2.99. The molecule has 0 aliphatic carbocycles. The Balaban J connectivity index is 1.93. The van der Waals surface area contributed by atoms with E-state index in [0.29, 0.717) is 6.54 Å². The lowest BCUT2D eigenvalue weighted by Gasteiger charge is -2.19. The molecule has 0 unspecified atom stereocenters. The third kappa shape index (κ3) is 4.60. The van der Waals surface area contributed by atoms with Gasteiger partial charge in [-0.1, -0.05) is 43.3 Å². The van der Waals surface area contributed by atoms with Gasteiger partial charge in [-0.2, -0.15) is 0 Å². The standard InChI is InChI=1S/C21H27NO2/c1-14-11-15(2)17(4)20(12-14)24-18(5)21(23)22-13-16(3)19-9-7-6-8-10-19/h6-12,16,18H,13H2,1-5H3,(H,22,23)/t16-,18+/m0/s1. The predicted molar refractivity (Wildman–Crippen MR) is 98.6 cm³/mol. The lowest BCUT2D eigenvalue weighted by Crippen LogP contribution is -2.38. The Morgan fingerprint density at radius 1 is 1.08 bits per heavy atom. The minimum absolute atomic E-state index is 0.0867. The number of carbonyl (C=O) groups is 1. The molecule has 0 fully saturated rings. The van der Waals surface area contributed by atoms with E-state index in [1.807, 2.05) is 38.1 Å². The number of amides is 1. The van der Waals surface area contributed by atoms with Crippen LogP contribution in [0.5, 0.6) is 5.75 Å². The first-order valence-corrected chi connectivity index (χ1v) is 8.45. The number of hydrogen-bond donors (Lipinski definition) is 1. The molecule has 0 bridgehead atoms. The summed E-state index contributed by atoms with van der Waals surface area (Å²) in [6.07, 6.45) is -0.520. The molecule has 0 aliphatic rings. The first-order chi connectivity index (χ1) is 11.4. The van der Waals surface area contributed by atoms with Gasteiger partial charge in [0.15, 0.2) is 6.10 Å². The predicted octanol–water partition coefficient (Wildman–Crippen LogP) is 4.30. The maximum absolute atomic E-state index is 12.3. The maximum atomic E-state index is 12.3. The number of nitrogens with one attached hydrogen (secondary N) is 1. The summed E-state index contributed by atoms with van der Waals surface area (Å²) in [6, 6.07) is 14.3. The van der Waals surface area contributed by atoms with E-state index < -0.39 is 6.10 Å². The van der Waals surface area contributed by atoms with Crippen molar-refractivity contribution in [3.8, 4) is 5.75 Å². The third-order valence-corrected chi connectivity index (χ3v) is 4.39. The van der Waals surface area contributed by atoms with E-state index in [2.05, 4.69) is 37.4 Å². The number of aryl methyl sites for hydroxylation is 2. The molecule has 24 heavy (non-hydrogen) atoms. The summed E-state index contributed by atoms with van der Waals surface area (Å²) in [4.78, 5) is 12.3. The van der Waals surface area contributed by atoms with Crippen molar-refractivity contribution < 1.29 is 9.53 Å². The second kappa shape index (κ2) is 8.00. The van der Waals surface area contributed by atoms with Crippen LogP contribution in [0.15, 0.2) is 42.5 Å². The van der Waals surface area contributed by atoms with Crippen molar-refractivity contribution >= 4 is 5.91 Å². The van der Waals surface area contributed by atoms with Crippen molar-refractivity contribution in [3.63, 3.8) is 0 Å². The lowest BCUT2D eigenvalue weighted by molar-refractivity contribution is -0.127. The van der Waals surface area contributed by atoms with Gasteiger partial charge in [-0.3, -0.25) is 4.79 Å². The van der Waals surface area contributed by atoms with Gasteiger partial charge in [0.2, 0.25) is 0 Å². The molecular weight excluding hydrogens is 298 g/mol. The normalized spacial score (nSPS) is 13.2. The highest BCUT2D eigenvalue weighted by molar-refractivity contribution is 5.80. The highest BCUT2D eigenvalue weighted by atomic mass is 16.5. The summed E-state index contributed by atoms with van der Waals surface area (Å²) in [5.41, 5.74) is 4.61. The Labute approximate surface area is 145 Å². The van der Waals surface area contributed by atoms with Crippen LogP contribution in [0.4, 0.5) is 0 Å². The highest BCUT2D eigenvalue weighted by Gasteiger charge is 2.17. The second-order valence-corrected chi connectivity index (χ2v) is 6.52. The van der Waals surface area contributed by atoms with Gasteiger partial charge < -0.3 is 10.1 Å². The van der Waals surface area contributed by atoms with Gasteiger partial charge in [-0.25, -0.2) is 0 Å². The van der Waals surface area contributed by atoms with Crippen LogP contribution in [0.2, 0.25) is 0 Å². The van der Waals surface area contributed by atoms with Crippen molar-refractivity contribution in [2.75, 3.05) is 6.54 Å². The van der Waals surface area contributed by atoms with Gasteiger partial charge in [0, 0.05) is 6.54 Å². The van der Waals surface area contributed by atoms with Gasteiger partial charge in [0.05, 0.1) is 0 Å². The zero-order valence-corrected chi connectivity index (χ0v) is 15.2. The van der Waals surface area contributed by atoms with Crippen LogP contribution in [-0.4, -0.2) is 18.6 Å². The van der Waals surface area contributed by atoms with Gasteiger partial charge in [-0.15, -0.1) is 0 Å². The second-order valence-electron chi connectivity index (χ2n) is 6.52. The molecule has 2 aromatic carbocycles. The first kappa shape index (κ1) is 18.1. The van der Waals surface area contributed by atoms with Gasteiger partial charge >= 0.3 is 0 Å². The van der Waals surface area contributed by atoms with E-state index in [1.54, 1.807) is 6.92 Å². The molecule has 1 N–H and O–H groups in total. The smallest absolute Gasteiger partial charge is 0.260 e. The molecule has 1 amide bonds. The fourth-order valence-electron chi connectivity index (χ4n) is 2.66. The Bertz CT molecular complexity index is 694. The zero-order chi connectivity index (χ0) is 17.7. The first-order valence-electron chi connectivity index (χ1n) is 8.45. The van der Waals surface area contributed by atoms with E-state index >= 15 is 0 Å². The fraction of sp³-hybridized carbons (Fsp3) is 0.381. The van der Waals surface area contributed by atoms with Gasteiger partial charge in [0.25, 0.3) is 5.91 Å². The van der Waals surface area contributed by atoms with Crippen LogP contribution >= 0.6 is 0 Å². The number of carbonyl (C=O) groups excluding carboxylic acids is 1. The minimum Gasteiger partial charge on any atom is -0.481 e. The quantitative estimate of drug-likeness (QED) is 0.860. The largest absolute Gasteiger partial charge is 0.481 e.